The molecule has 3 rings (SSSR count). The molecule has 4 amide bonds. The van der Waals surface area contributed by atoms with E-state index in [4.69, 9.17) is 16.6 Å². The maximum atomic E-state index is 13.6. The van der Waals surface area contributed by atoms with Gasteiger partial charge in [-0.05, 0) is 23.6 Å². The van der Waals surface area contributed by atoms with E-state index in [2.05, 4.69) is 20.9 Å². The minimum Gasteiger partial charge on any atom is -0.481 e. The van der Waals surface area contributed by atoms with Crippen molar-refractivity contribution in [1.82, 2.24) is 20.9 Å². The lowest BCUT2D eigenvalue weighted by molar-refractivity contribution is -0.142. The zero-order valence-electron chi connectivity index (χ0n) is 23.1. The largest absolute Gasteiger partial charge is 0.481 e. The molecule has 2 aromatic carbocycles. The van der Waals surface area contributed by atoms with Crippen molar-refractivity contribution in [1.29, 1.82) is 0 Å². The number of rotatable bonds is 16. The molecule has 0 bridgehead atoms. The Morgan fingerprint density at radius 1 is 0.767 bits per heavy atom. The van der Waals surface area contributed by atoms with Gasteiger partial charge in [-0.15, -0.1) is 0 Å². The van der Waals surface area contributed by atoms with Crippen molar-refractivity contribution in [3.05, 3.63) is 71.9 Å². The summed E-state index contributed by atoms with van der Waals surface area (Å²) in [4.78, 5) is 76.9. The van der Waals surface area contributed by atoms with Crippen molar-refractivity contribution < 1.29 is 39.0 Å². The van der Waals surface area contributed by atoms with E-state index in [-0.39, 0.29) is 25.7 Å². The molecular weight excluding hydrogens is 560 g/mol. The average Bonchev–Trinajstić information content (AvgIpc) is 3.36. The van der Waals surface area contributed by atoms with Gasteiger partial charge in [-0.2, -0.15) is 0 Å². The van der Waals surface area contributed by atoms with Crippen LogP contribution in [0, 0.1) is 0 Å². The summed E-state index contributed by atoms with van der Waals surface area (Å²) in [7, 11) is 0. The molecular formula is C29H34N6O8. The molecule has 0 aliphatic rings. The van der Waals surface area contributed by atoms with E-state index in [0.717, 1.165) is 10.9 Å². The lowest BCUT2D eigenvalue weighted by Crippen LogP contribution is -2.58. The minimum absolute atomic E-state index is 0.0179. The number of amides is 4. The first kappa shape index (κ1) is 32.3. The van der Waals surface area contributed by atoms with E-state index in [1.54, 1.807) is 42.6 Å². The molecule has 1 heterocycles. The number of aromatic nitrogens is 1. The maximum Gasteiger partial charge on any atom is 0.326 e. The zero-order chi connectivity index (χ0) is 31.5. The van der Waals surface area contributed by atoms with Crippen molar-refractivity contribution in [2.45, 2.75) is 56.3 Å². The Hall–Kier alpha value is -5.24. The van der Waals surface area contributed by atoms with E-state index < -0.39 is 66.2 Å². The lowest BCUT2D eigenvalue weighted by atomic mass is 10.0. The predicted molar refractivity (Wildman–Crippen MR) is 154 cm³/mol. The fourth-order valence-corrected chi connectivity index (χ4v) is 4.44. The monoisotopic (exact) mass is 594 g/mol. The van der Waals surface area contributed by atoms with Crippen molar-refractivity contribution in [2.24, 2.45) is 11.5 Å². The number of carbonyl (C=O) groups excluding carboxylic acids is 4. The number of nitrogens with two attached hydrogens (primary N) is 2. The van der Waals surface area contributed by atoms with E-state index in [0.29, 0.717) is 11.1 Å². The Morgan fingerprint density at radius 3 is 1.98 bits per heavy atom. The van der Waals surface area contributed by atoms with Crippen LogP contribution in [-0.2, 0) is 41.6 Å². The Kier molecular flexibility index (Phi) is 11.3. The van der Waals surface area contributed by atoms with Gasteiger partial charge in [0.1, 0.15) is 18.1 Å². The van der Waals surface area contributed by atoms with Crippen molar-refractivity contribution in [3.8, 4) is 0 Å². The molecule has 10 N–H and O–H groups in total. The van der Waals surface area contributed by atoms with Crippen LogP contribution in [-0.4, -0.2) is 74.9 Å². The minimum atomic E-state index is -1.46. The van der Waals surface area contributed by atoms with Gasteiger partial charge in [0, 0.05) is 36.4 Å². The summed E-state index contributed by atoms with van der Waals surface area (Å²) >= 11 is 0. The van der Waals surface area contributed by atoms with Crippen molar-refractivity contribution in [3.63, 3.8) is 0 Å². The van der Waals surface area contributed by atoms with Crippen LogP contribution in [0.3, 0.4) is 0 Å². The number of hydrogen-bond acceptors (Lipinski definition) is 7. The van der Waals surface area contributed by atoms with Gasteiger partial charge in [0.25, 0.3) is 0 Å². The first-order chi connectivity index (χ1) is 20.4. The van der Waals surface area contributed by atoms with Crippen molar-refractivity contribution in [2.75, 3.05) is 0 Å². The van der Waals surface area contributed by atoms with Crippen LogP contribution in [0.15, 0.2) is 60.8 Å². The van der Waals surface area contributed by atoms with Crippen LogP contribution in [0.2, 0.25) is 0 Å². The molecule has 3 aromatic rings. The van der Waals surface area contributed by atoms with E-state index in [1.807, 2.05) is 18.2 Å². The highest BCUT2D eigenvalue weighted by molar-refractivity contribution is 5.95. The lowest BCUT2D eigenvalue weighted by Gasteiger charge is -2.25. The molecule has 1 aromatic heterocycles. The molecule has 4 unspecified atom stereocenters. The second-order valence-corrected chi connectivity index (χ2v) is 9.98. The van der Waals surface area contributed by atoms with Gasteiger partial charge in [-0.25, -0.2) is 4.79 Å². The first-order valence-electron chi connectivity index (χ1n) is 13.4. The SMILES string of the molecule is NC(=O)CCC(NC(=O)C(Cc1c[nH]c2ccccc12)NC(=O)C(Cc1ccccc1)NC(=O)C(N)CC(=O)O)C(=O)O. The summed E-state index contributed by atoms with van der Waals surface area (Å²) in [5.41, 5.74) is 12.9. The second-order valence-electron chi connectivity index (χ2n) is 9.98. The molecule has 0 aliphatic heterocycles. The molecule has 14 heteroatoms. The van der Waals surface area contributed by atoms with Gasteiger partial charge >= 0.3 is 11.9 Å². The number of fused-ring (bicyclic) bond motifs is 1. The molecule has 0 saturated heterocycles. The van der Waals surface area contributed by atoms with E-state index in [9.17, 15) is 33.9 Å². The normalized spacial score (nSPS) is 13.7. The van der Waals surface area contributed by atoms with Crippen LogP contribution in [0.5, 0.6) is 0 Å². The van der Waals surface area contributed by atoms with Gasteiger partial charge in [-0.3, -0.25) is 24.0 Å². The third kappa shape index (κ3) is 9.67. The molecule has 0 radical (unpaired) electrons. The topological polar surface area (TPSA) is 247 Å². The Bertz CT molecular complexity index is 1470. The van der Waals surface area contributed by atoms with Crippen LogP contribution in [0.25, 0.3) is 10.9 Å². The standard InChI is InChI=1S/C29H34N6O8/c30-19(14-25(37)38)26(39)34-22(12-16-6-2-1-3-7-16)27(40)35-23(13-17-15-32-20-9-5-4-8-18(17)20)28(41)33-21(29(42)43)10-11-24(31)36/h1-9,15,19,21-23,32H,10-14,30H2,(H2,31,36)(H,33,41)(H,34,39)(H,35,40)(H,37,38)(H,42,43). The summed E-state index contributed by atoms with van der Waals surface area (Å²) in [6, 6.07) is 10.4. The highest BCUT2D eigenvalue weighted by atomic mass is 16.4. The summed E-state index contributed by atoms with van der Waals surface area (Å²) in [6.07, 6.45) is 0.354. The van der Waals surface area contributed by atoms with Crippen LogP contribution < -0.4 is 27.4 Å². The average molecular weight is 595 g/mol. The molecule has 0 saturated carbocycles. The molecule has 43 heavy (non-hydrogen) atoms. The third-order valence-corrected chi connectivity index (χ3v) is 6.67. The van der Waals surface area contributed by atoms with Gasteiger partial charge < -0.3 is 42.6 Å². The zero-order valence-corrected chi connectivity index (χ0v) is 23.1. The molecule has 4 atom stereocenters. The number of hydrogen-bond donors (Lipinski definition) is 8. The number of aromatic amines is 1. The van der Waals surface area contributed by atoms with E-state index >= 15 is 0 Å². The fourth-order valence-electron chi connectivity index (χ4n) is 4.44. The molecule has 0 fully saturated rings. The van der Waals surface area contributed by atoms with Gasteiger partial charge in [0.05, 0.1) is 12.5 Å². The summed E-state index contributed by atoms with van der Waals surface area (Å²) < 4.78 is 0. The molecule has 228 valence electrons. The van der Waals surface area contributed by atoms with Crippen LogP contribution >= 0.6 is 0 Å². The Balaban J connectivity index is 1.90. The van der Waals surface area contributed by atoms with Crippen LogP contribution in [0.4, 0.5) is 0 Å². The molecule has 0 aliphatic carbocycles. The predicted octanol–water partition coefficient (Wildman–Crippen LogP) is -0.440. The second kappa shape index (κ2) is 15.1. The Morgan fingerprint density at radius 2 is 1.35 bits per heavy atom. The highest BCUT2D eigenvalue weighted by Gasteiger charge is 2.31. The number of carbonyl (C=O) groups is 6. The summed E-state index contributed by atoms with van der Waals surface area (Å²) in [6.45, 7) is 0. The van der Waals surface area contributed by atoms with Gasteiger partial charge in [0.2, 0.25) is 23.6 Å². The summed E-state index contributed by atoms with van der Waals surface area (Å²) in [5, 5.41) is 26.8. The van der Waals surface area contributed by atoms with Crippen LogP contribution in [0.1, 0.15) is 30.4 Å². The van der Waals surface area contributed by atoms with Crippen molar-refractivity contribution >= 4 is 46.5 Å². The fraction of sp³-hybridized carbons (Fsp3) is 0.310. The number of H-pyrrole nitrogens is 1. The third-order valence-electron chi connectivity index (χ3n) is 6.67. The number of primary amides is 1. The van der Waals surface area contributed by atoms with Gasteiger partial charge in [-0.1, -0.05) is 48.5 Å². The highest BCUT2D eigenvalue weighted by Crippen LogP contribution is 2.19. The number of aliphatic carboxylic acids is 2. The van der Waals surface area contributed by atoms with Gasteiger partial charge in [0.15, 0.2) is 0 Å². The number of carboxylic acid groups (broad SMARTS) is 2. The number of para-hydroxylation sites is 1. The first-order valence-corrected chi connectivity index (χ1v) is 13.4. The number of carboxylic acids is 2. The number of benzene rings is 2. The smallest absolute Gasteiger partial charge is 0.326 e. The quantitative estimate of drug-likeness (QED) is 0.107. The summed E-state index contributed by atoms with van der Waals surface area (Å²) in [5.74, 6) is -5.95. The Labute approximate surface area is 246 Å². The molecule has 0 spiro atoms. The maximum absolute atomic E-state index is 13.6. The number of nitrogens with one attached hydrogen (secondary N) is 4. The van der Waals surface area contributed by atoms with E-state index in [1.165, 1.54) is 0 Å². The molecule has 14 nitrogen and oxygen atoms in total.